The second-order valence-corrected chi connectivity index (χ2v) is 7.16. The summed E-state index contributed by atoms with van der Waals surface area (Å²) in [5, 5.41) is 3.46. The fraction of sp³-hybridized carbons (Fsp3) is 0.667. The van der Waals surface area contributed by atoms with E-state index in [1.54, 1.807) is 0 Å². The van der Waals surface area contributed by atoms with Crippen LogP contribution in [0.1, 0.15) is 31.5 Å². The van der Waals surface area contributed by atoms with Crippen molar-refractivity contribution >= 4 is 11.2 Å². The van der Waals surface area contributed by atoms with E-state index in [2.05, 4.69) is 32.9 Å². The average Bonchev–Trinajstić information content (AvgIpc) is 3.13. The Morgan fingerprint density at radius 1 is 1.26 bits per heavy atom. The number of nitrogens with one attached hydrogen (secondary N) is 1. The maximum atomic E-state index is 4.94. The van der Waals surface area contributed by atoms with E-state index in [1.807, 2.05) is 12.3 Å². The molecule has 2 aliphatic heterocycles. The number of nitrogens with zero attached hydrogens (tertiary/aromatic N) is 4. The maximum Gasteiger partial charge on any atom is 0.160 e. The van der Waals surface area contributed by atoms with Crippen molar-refractivity contribution in [1.82, 2.24) is 24.8 Å². The molecule has 2 aromatic rings. The summed E-state index contributed by atoms with van der Waals surface area (Å²) < 4.78 is 2.41. The maximum absolute atomic E-state index is 4.94. The molecule has 2 aliphatic rings. The molecule has 0 spiro atoms. The molecule has 0 aliphatic carbocycles. The minimum absolute atomic E-state index is 0.626. The van der Waals surface area contributed by atoms with Crippen LogP contribution in [0, 0.1) is 5.92 Å². The molecule has 124 valence electrons. The molecule has 2 saturated heterocycles. The van der Waals surface area contributed by atoms with Gasteiger partial charge < -0.3 is 14.8 Å². The zero-order valence-corrected chi connectivity index (χ0v) is 14.0. The fourth-order valence-corrected chi connectivity index (χ4v) is 4.12. The predicted octanol–water partition coefficient (Wildman–Crippen LogP) is 2.07. The summed E-state index contributed by atoms with van der Waals surface area (Å²) in [6.45, 7) is 4.54. The van der Waals surface area contributed by atoms with E-state index in [0.29, 0.717) is 6.04 Å². The number of imidazole rings is 1. The van der Waals surface area contributed by atoms with Gasteiger partial charge in [0.25, 0.3) is 0 Å². The Bertz CT molecular complexity index is 658. The number of pyridine rings is 1. The van der Waals surface area contributed by atoms with Gasteiger partial charge in [-0.15, -0.1) is 0 Å². The molecule has 0 radical (unpaired) electrons. The first-order chi connectivity index (χ1) is 11.3. The van der Waals surface area contributed by atoms with Crippen molar-refractivity contribution < 1.29 is 0 Å². The quantitative estimate of drug-likeness (QED) is 0.938. The van der Waals surface area contributed by atoms with Gasteiger partial charge in [-0.25, -0.2) is 9.97 Å². The average molecular weight is 313 g/mol. The first-order valence-electron chi connectivity index (χ1n) is 9.02. The SMILES string of the molecule is CN1CCCC1Cn1c(CC2CCNCC2)nc2cccnc21. The normalized spacial score (nSPS) is 23.8. The van der Waals surface area contributed by atoms with Crippen LogP contribution < -0.4 is 5.32 Å². The van der Waals surface area contributed by atoms with Crippen LogP contribution in [-0.4, -0.2) is 52.2 Å². The molecule has 0 bridgehead atoms. The largest absolute Gasteiger partial charge is 0.317 e. The molecule has 1 N–H and O–H groups in total. The Labute approximate surface area is 138 Å². The van der Waals surface area contributed by atoms with E-state index < -0.39 is 0 Å². The Morgan fingerprint density at radius 2 is 2.13 bits per heavy atom. The van der Waals surface area contributed by atoms with Crippen LogP contribution in [0.2, 0.25) is 0 Å². The number of fused-ring (bicyclic) bond motifs is 1. The fourth-order valence-electron chi connectivity index (χ4n) is 4.12. The van der Waals surface area contributed by atoms with E-state index in [4.69, 9.17) is 4.98 Å². The standard InChI is InChI=1S/C18H27N5/c1-22-11-3-4-15(22)13-23-17(12-14-6-9-19-10-7-14)21-16-5-2-8-20-18(16)23/h2,5,8,14-15,19H,3-4,6-7,9-13H2,1H3. The minimum Gasteiger partial charge on any atom is -0.317 e. The van der Waals surface area contributed by atoms with Crippen LogP contribution in [-0.2, 0) is 13.0 Å². The Kier molecular flexibility index (Phi) is 4.31. The van der Waals surface area contributed by atoms with Gasteiger partial charge in [-0.2, -0.15) is 0 Å². The van der Waals surface area contributed by atoms with Crippen LogP contribution >= 0.6 is 0 Å². The number of likely N-dealkylation sites (tertiary alicyclic amines) is 1. The third kappa shape index (κ3) is 3.12. The molecule has 5 nitrogen and oxygen atoms in total. The lowest BCUT2D eigenvalue weighted by molar-refractivity contribution is 0.279. The molecular formula is C18H27N5. The lowest BCUT2D eigenvalue weighted by Gasteiger charge is -2.24. The summed E-state index contributed by atoms with van der Waals surface area (Å²) >= 11 is 0. The topological polar surface area (TPSA) is 46.0 Å². The molecule has 4 heterocycles. The van der Waals surface area contributed by atoms with Crippen LogP contribution in [0.5, 0.6) is 0 Å². The highest BCUT2D eigenvalue weighted by Crippen LogP contribution is 2.24. The molecule has 0 saturated carbocycles. The van der Waals surface area contributed by atoms with E-state index in [9.17, 15) is 0 Å². The monoisotopic (exact) mass is 313 g/mol. The zero-order chi connectivity index (χ0) is 15.6. The van der Waals surface area contributed by atoms with Gasteiger partial charge in [0.2, 0.25) is 0 Å². The third-order valence-electron chi connectivity index (χ3n) is 5.58. The van der Waals surface area contributed by atoms with Gasteiger partial charge in [-0.1, -0.05) is 0 Å². The Hall–Kier alpha value is -1.46. The van der Waals surface area contributed by atoms with Crippen LogP contribution in [0.3, 0.4) is 0 Å². The van der Waals surface area contributed by atoms with Crippen molar-refractivity contribution in [2.45, 2.75) is 44.7 Å². The number of hydrogen-bond donors (Lipinski definition) is 1. The minimum atomic E-state index is 0.626. The molecule has 1 unspecified atom stereocenters. The summed E-state index contributed by atoms with van der Waals surface area (Å²) in [4.78, 5) is 12.1. The third-order valence-corrected chi connectivity index (χ3v) is 5.58. The van der Waals surface area contributed by atoms with Gasteiger partial charge in [0.1, 0.15) is 11.3 Å². The predicted molar refractivity (Wildman–Crippen MR) is 92.5 cm³/mol. The highest BCUT2D eigenvalue weighted by molar-refractivity contribution is 5.71. The molecule has 0 aromatic carbocycles. The number of likely N-dealkylation sites (N-methyl/N-ethyl adjacent to an activating group) is 1. The molecule has 2 aromatic heterocycles. The molecule has 2 fully saturated rings. The van der Waals surface area contributed by atoms with Crippen molar-refractivity contribution in [3.8, 4) is 0 Å². The van der Waals surface area contributed by atoms with Gasteiger partial charge in [-0.05, 0) is 70.4 Å². The van der Waals surface area contributed by atoms with Gasteiger partial charge in [0, 0.05) is 25.2 Å². The van der Waals surface area contributed by atoms with E-state index in [1.165, 1.54) is 38.1 Å². The smallest absolute Gasteiger partial charge is 0.160 e. The first-order valence-corrected chi connectivity index (χ1v) is 9.02. The summed E-state index contributed by atoms with van der Waals surface area (Å²) in [6.07, 6.45) is 8.11. The van der Waals surface area contributed by atoms with Gasteiger partial charge in [0.15, 0.2) is 5.65 Å². The van der Waals surface area contributed by atoms with Crippen molar-refractivity contribution in [1.29, 1.82) is 0 Å². The Balaban J connectivity index is 1.63. The second kappa shape index (κ2) is 6.57. The molecule has 23 heavy (non-hydrogen) atoms. The van der Waals surface area contributed by atoms with Crippen molar-refractivity contribution in [2.75, 3.05) is 26.7 Å². The molecule has 5 heteroatoms. The van der Waals surface area contributed by atoms with Gasteiger partial charge >= 0.3 is 0 Å². The lowest BCUT2D eigenvalue weighted by atomic mass is 9.94. The lowest BCUT2D eigenvalue weighted by Crippen LogP contribution is -2.31. The summed E-state index contributed by atoms with van der Waals surface area (Å²) in [5.41, 5.74) is 2.12. The summed E-state index contributed by atoms with van der Waals surface area (Å²) in [5.74, 6) is 2.00. The van der Waals surface area contributed by atoms with Crippen LogP contribution in [0.25, 0.3) is 11.2 Å². The second-order valence-electron chi connectivity index (χ2n) is 7.16. The highest BCUT2D eigenvalue weighted by atomic mass is 15.2. The van der Waals surface area contributed by atoms with Crippen molar-refractivity contribution in [3.63, 3.8) is 0 Å². The van der Waals surface area contributed by atoms with Gasteiger partial charge in [0.05, 0.1) is 0 Å². The van der Waals surface area contributed by atoms with Crippen molar-refractivity contribution in [2.24, 2.45) is 5.92 Å². The number of hydrogen-bond acceptors (Lipinski definition) is 4. The van der Waals surface area contributed by atoms with Gasteiger partial charge in [-0.3, -0.25) is 0 Å². The molecule has 4 rings (SSSR count). The molecule has 1 atom stereocenters. The number of piperidine rings is 1. The van der Waals surface area contributed by atoms with E-state index in [0.717, 1.165) is 43.1 Å². The van der Waals surface area contributed by atoms with Crippen LogP contribution in [0.15, 0.2) is 18.3 Å². The zero-order valence-electron chi connectivity index (χ0n) is 14.0. The van der Waals surface area contributed by atoms with E-state index >= 15 is 0 Å². The molecule has 0 amide bonds. The first kappa shape index (κ1) is 15.1. The molecular weight excluding hydrogens is 286 g/mol. The van der Waals surface area contributed by atoms with Crippen LogP contribution in [0.4, 0.5) is 0 Å². The van der Waals surface area contributed by atoms with E-state index in [-0.39, 0.29) is 0 Å². The summed E-state index contributed by atoms with van der Waals surface area (Å²) in [7, 11) is 2.25. The number of aromatic nitrogens is 3. The number of rotatable bonds is 4. The highest BCUT2D eigenvalue weighted by Gasteiger charge is 2.25. The van der Waals surface area contributed by atoms with Crippen molar-refractivity contribution in [3.05, 3.63) is 24.2 Å². The summed E-state index contributed by atoms with van der Waals surface area (Å²) in [6, 6.07) is 4.72. The Morgan fingerprint density at radius 3 is 2.91 bits per heavy atom.